The lowest BCUT2D eigenvalue weighted by Crippen LogP contribution is -2.53. The highest BCUT2D eigenvalue weighted by atomic mass is 16.5. The van der Waals surface area contributed by atoms with Crippen LogP contribution in [0.5, 0.6) is 5.75 Å². The van der Waals surface area contributed by atoms with E-state index >= 15 is 0 Å². The van der Waals surface area contributed by atoms with Gasteiger partial charge < -0.3 is 9.47 Å². The standard InChI is InChI=1S/C22H30O4/c1-13(2)14-10-15-16(11-18(14)25-5)21(3)8-7-9-22(4,20(24)26-6)19(21)12-17(15)23/h10-11,13,19H,7-9,12H2,1-6H3/t19-,21-,22-/m1/s1. The summed E-state index contributed by atoms with van der Waals surface area (Å²) in [5.74, 6) is 0.990. The van der Waals surface area contributed by atoms with Gasteiger partial charge >= 0.3 is 5.97 Å². The van der Waals surface area contributed by atoms with Gasteiger partial charge in [-0.05, 0) is 60.3 Å². The molecule has 0 aromatic heterocycles. The zero-order valence-electron chi connectivity index (χ0n) is 16.8. The quantitative estimate of drug-likeness (QED) is 0.739. The van der Waals surface area contributed by atoms with Crippen molar-refractivity contribution in [3.8, 4) is 5.75 Å². The SMILES string of the molecule is COC(=O)[C@]1(C)CCC[C@]2(C)c3cc(OC)c(C(C)C)cc3C(=O)C[C@@H]12. The Kier molecular flexibility index (Phi) is 4.66. The fourth-order valence-electron chi connectivity index (χ4n) is 5.35. The van der Waals surface area contributed by atoms with Crippen molar-refractivity contribution in [3.05, 3.63) is 28.8 Å². The molecule has 0 N–H and O–H groups in total. The Morgan fingerprint density at radius 3 is 2.46 bits per heavy atom. The van der Waals surface area contributed by atoms with E-state index in [2.05, 4.69) is 26.8 Å². The van der Waals surface area contributed by atoms with Gasteiger partial charge in [0.25, 0.3) is 0 Å². The second-order valence-electron chi connectivity index (χ2n) is 8.65. The number of esters is 1. The first-order chi connectivity index (χ1) is 12.2. The number of ketones is 1. The van der Waals surface area contributed by atoms with Gasteiger partial charge in [-0.3, -0.25) is 9.59 Å². The van der Waals surface area contributed by atoms with Crippen molar-refractivity contribution >= 4 is 11.8 Å². The van der Waals surface area contributed by atoms with E-state index in [0.29, 0.717) is 6.42 Å². The van der Waals surface area contributed by atoms with Crippen molar-refractivity contribution in [2.24, 2.45) is 11.3 Å². The number of Topliss-reactive ketones (excluding diaryl/α,β-unsaturated/α-hetero) is 1. The van der Waals surface area contributed by atoms with Gasteiger partial charge in [-0.15, -0.1) is 0 Å². The average Bonchev–Trinajstić information content (AvgIpc) is 2.62. The van der Waals surface area contributed by atoms with Gasteiger partial charge in [0, 0.05) is 12.0 Å². The van der Waals surface area contributed by atoms with Crippen molar-refractivity contribution in [2.75, 3.05) is 14.2 Å². The Labute approximate surface area is 156 Å². The molecule has 0 amide bonds. The number of hydrogen-bond acceptors (Lipinski definition) is 4. The number of carbonyl (C=O) groups is 2. The van der Waals surface area contributed by atoms with Crippen LogP contribution in [0, 0.1) is 11.3 Å². The molecular formula is C22H30O4. The minimum Gasteiger partial charge on any atom is -0.496 e. The molecule has 0 unspecified atom stereocenters. The molecule has 0 bridgehead atoms. The summed E-state index contributed by atoms with van der Waals surface area (Å²) in [5, 5.41) is 0. The summed E-state index contributed by atoms with van der Waals surface area (Å²) in [7, 11) is 3.12. The van der Waals surface area contributed by atoms with E-state index in [9.17, 15) is 9.59 Å². The lowest BCUT2D eigenvalue weighted by atomic mass is 9.49. The number of ether oxygens (including phenoxy) is 2. The summed E-state index contributed by atoms with van der Waals surface area (Å²) in [6.07, 6.45) is 3.08. The topological polar surface area (TPSA) is 52.6 Å². The molecule has 4 nitrogen and oxygen atoms in total. The minimum absolute atomic E-state index is 0.0502. The van der Waals surface area contributed by atoms with Gasteiger partial charge in [0.1, 0.15) is 5.75 Å². The van der Waals surface area contributed by atoms with Crippen molar-refractivity contribution < 1.29 is 19.1 Å². The molecule has 0 radical (unpaired) electrons. The Hall–Kier alpha value is -1.84. The molecule has 0 heterocycles. The van der Waals surface area contributed by atoms with Crippen LogP contribution in [0.1, 0.15) is 80.8 Å². The number of rotatable bonds is 3. The largest absolute Gasteiger partial charge is 0.496 e. The van der Waals surface area contributed by atoms with Crippen molar-refractivity contribution in [1.82, 2.24) is 0 Å². The number of fused-ring (bicyclic) bond motifs is 3. The second kappa shape index (κ2) is 6.40. The van der Waals surface area contributed by atoms with E-state index < -0.39 is 5.41 Å². The molecule has 4 heteroatoms. The molecule has 0 aliphatic heterocycles. The van der Waals surface area contributed by atoms with E-state index in [4.69, 9.17) is 9.47 Å². The van der Waals surface area contributed by atoms with Crippen LogP contribution in [0.15, 0.2) is 12.1 Å². The molecule has 26 heavy (non-hydrogen) atoms. The lowest BCUT2D eigenvalue weighted by Gasteiger charge is -2.53. The van der Waals surface area contributed by atoms with Crippen LogP contribution in [0.2, 0.25) is 0 Å². The Morgan fingerprint density at radius 2 is 1.88 bits per heavy atom. The Bertz CT molecular complexity index is 751. The average molecular weight is 358 g/mol. The van der Waals surface area contributed by atoms with Crippen molar-refractivity contribution in [2.45, 2.75) is 64.7 Å². The van der Waals surface area contributed by atoms with Crippen LogP contribution in [-0.2, 0) is 14.9 Å². The van der Waals surface area contributed by atoms with Crippen LogP contribution in [-0.4, -0.2) is 26.0 Å². The highest BCUT2D eigenvalue weighted by Gasteiger charge is 2.57. The smallest absolute Gasteiger partial charge is 0.311 e. The van der Waals surface area contributed by atoms with E-state index in [1.54, 1.807) is 7.11 Å². The van der Waals surface area contributed by atoms with Gasteiger partial charge in [-0.1, -0.05) is 27.2 Å². The maximum atomic E-state index is 13.1. The van der Waals surface area contributed by atoms with Gasteiger partial charge in [0.2, 0.25) is 0 Å². The summed E-state index contributed by atoms with van der Waals surface area (Å²) in [6.45, 7) is 8.39. The van der Waals surface area contributed by atoms with Crippen LogP contribution < -0.4 is 4.74 Å². The molecule has 0 saturated heterocycles. The van der Waals surface area contributed by atoms with Crippen molar-refractivity contribution in [1.29, 1.82) is 0 Å². The fourth-order valence-corrected chi connectivity index (χ4v) is 5.35. The minimum atomic E-state index is -0.626. The van der Waals surface area contributed by atoms with Crippen LogP contribution in [0.25, 0.3) is 0 Å². The first kappa shape index (κ1) is 18.9. The summed E-state index contributed by atoms with van der Waals surface area (Å²) < 4.78 is 10.8. The lowest BCUT2D eigenvalue weighted by molar-refractivity contribution is -0.160. The van der Waals surface area contributed by atoms with Crippen molar-refractivity contribution in [3.63, 3.8) is 0 Å². The zero-order chi connectivity index (χ0) is 19.3. The molecule has 0 spiro atoms. The predicted octanol–water partition coefficient (Wildman–Crippen LogP) is 4.64. The third-order valence-corrected chi connectivity index (χ3v) is 6.88. The summed E-state index contributed by atoms with van der Waals surface area (Å²) >= 11 is 0. The van der Waals surface area contributed by atoms with Crippen LogP contribution in [0.3, 0.4) is 0 Å². The zero-order valence-corrected chi connectivity index (χ0v) is 16.8. The first-order valence-corrected chi connectivity index (χ1v) is 9.53. The van der Waals surface area contributed by atoms with E-state index in [1.165, 1.54) is 7.11 Å². The third-order valence-electron chi connectivity index (χ3n) is 6.88. The summed E-state index contributed by atoms with van der Waals surface area (Å²) in [4.78, 5) is 25.7. The number of hydrogen-bond donors (Lipinski definition) is 0. The van der Waals surface area contributed by atoms with E-state index in [-0.39, 0.29) is 29.0 Å². The van der Waals surface area contributed by atoms with Gasteiger partial charge in [-0.25, -0.2) is 0 Å². The Morgan fingerprint density at radius 1 is 1.19 bits per heavy atom. The highest BCUT2D eigenvalue weighted by Crippen LogP contribution is 2.58. The number of methoxy groups -OCH3 is 2. The Balaban J connectivity index is 2.20. The van der Waals surface area contributed by atoms with E-state index in [1.807, 2.05) is 13.0 Å². The molecule has 2 aliphatic rings. The van der Waals surface area contributed by atoms with E-state index in [0.717, 1.165) is 41.7 Å². The maximum Gasteiger partial charge on any atom is 0.311 e. The fraction of sp³-hybridized carbons (Fsp3) is 0.636. The van der Waals surface area contributed by atoms with Gasteiger partial charge in [0.05, 0.1) is 19.6 Å². The van der Waals surface area contributed by atoms with Crippen LogP contribution >= 0.6 is 0 Å². The molecule has 2 aliphatic carbocycles. The van der Waals surface area contributed by atoms with Gasteiger partial charge in [-0.2, -0.15) is 0 Å². The first-order valence-electron chi connectivity index (χ1n) is 9.53. The second-order valence-corrected chi connectivity index (χ2v) is 8.65. The summed E-state index contributed by atoms with van der Waals surface area (Å²) in [5.41, 5.74) is 2.05. The molecule has 3 atom stereocenters. The van der Waals surface area contributed by atoms with Crippen LogP contribution in [0.4, 0.5) is 0 Å². The van der Waals surface area contributed by atoms with Gasteiger partial charge in [0.15, 0.2) is 5.78 Å². The molecular weight excluding hydrogens is 328 g/mol. The number of carbonyl (C=O) groups excluding carboxylic acids is 2. The monoisotopic (exact) mass is 358 g/mol. The maximum absolute atomic E-state index is 13.1. The molecule has 1 aromatic carbocycles. The molecule has 3 rings (SSSR count). The highest BCUT2D eigenvalue weighted by molar-refractivity contribution is 6.00. The molecule has 142 valence electrons. The summed E-state index contributed by atoms with van der Waals surface area (Å²) in [6, 6.07) is 4.07. The predicted molar refractivity (Wildman–Crippen MR) is 101 cm³/mol. The third kappa shape index (κ3) is 2.57. The molecule has 1 saturated carbocycles. The molecule has 1 fully saturated rings. The number of benzene rings is 1. The molecule has 1 aromatic rings. The normalized spacial score (nSPS) is 30.6.